The van der Waals surface area contributed by atoms with Gasteiger partial charge in [-0.15, -0.1) is 0 Å². The Hall–Kier alpha value is -1.16. The first-order valence-corrected chi connectivity index (χ1v) is 8.82. The highest BCUT2D eigenvalue weighted by molar-refractivity contribution is 5.89. The lowest BCUT2D eigenvalue weighted by Crippen LogP contribution is -2.34. The van der Waals surface area contributed by atoms with Crippen LogP contribution >= 0.6 is 0 Å². The van der Waals surface area contributed by atoms with Gasteiger partial charge in [-0.25, -0.2) is 4.79 Å². The Morgan fingerprint density at radius 2 is 1.74 bits per heavy atom. The molecule has 0 fully saturated rings. The maximum atomic E-state index is 12.5. The molecule has 0 saturated heterocycles. The number of hydrogen-bond acceptors (Lipinski definition) is 4. The summed E-state index contributed by atoms with van der Waals surface area (Å²) in [7, 11) is 0. The normalized spacial score (nSPS) is 22.0. The van der Waals surface area contributed by atoms with E-state index in [0.717, 1.165) is 25.0 Å². The molecule has 0 aromatic carbocycles. The molecule has 0 spiro atoms. The van der Waals surface area contributed by atoms with Gasteiger partial charge in [0, 0.05) is 17.8 Å². The minimum Gasteiger partial charge on any atom is -0.427 e. The summed E-state index contributed by atoms with van der Waals surface area (Å²) in [6.45, 7) is 12.0. The van der Waals surface area contributed by atoms with Crippen LogP contribution in [0.15, 0.2) is 11.8 Å². The highest BCUT2D eigenvalue weighted by Crippen LogP contribution is 2.30. The molecule has 0 aliphatic carbocycles. The molecule has 4 heteroatoms. The maximum absolute atomic E-state index is 12.5. The number of carbonyl (C=O) groups is 2. The van der Waals surface area contributed by atoms with Crippen LogP contribution in [0.1, 0.15) is 60.8 Å². The molecule has 4 nitrogen and oxygen atoms in total. The zero-order chi connectivity index (χ0) is 17.7. The van der Waals surface area contributed by atoms with Crippen LogP contribution in [0.25, 0.3) is 0 Å². The standard InChI is InChI=1S/C19H32O4/c1-7-12(3)18(21)15(6)19(22)14(5)9-11(2)8-13(4)16-10-17(20)23-16/h10-15,18,21H,7-9H2,1-6H3. The van der Waals surface area contributed by atoms with E-state index in [-0.39, 0.29) is 35.4 Å². The topological polar surface area (TPSA) is 63.6 Å². The molecule has 23 heavy (non-hydrogen) atoms. The van der Waals surface area contributed by atoms with Crippen LogP contribution < -0.4 is 0 Å². The van der Waals surface area contributed by atoms with Crippen molar-refractivity contribution in [3.63, 3.8) is 0 Å². The van der Waals surface area contributed by atoms with Crippen molar-refractivity contribution in [1.29, 1.82) is 0 Å². The summed E-state index contributed by atoms with van der Waals surface area (Å²) >= 11 is 0. The monoisotopic (exact) mass is 324 g/mol. The molecule has 1 rings (SSSR count). The minimum absolute atomic E-state index is 0.0659. The van der Waals surface area contributed by atoms with Crippen LogP contribution in [0.3, 0.4) is 0 Å². The highest BCUT2D eigenvalue weighted by atomic mass is 16.6. The first kappa shape index (κ1) is 19.9. The van der Waals surface area contributed by atoms with Gasteiger partial charge >= 0.3 is 5.97 Å². The van der Waals surface area contributed by atoms with Crippen molar-refractivity contribution in [2.75, 3.05) is 0 Å². The third-order valence-corrected chi connectivity index (χ3v) is 5.15. The van der Waals surface area contributed by atoms with E-state index in [1.807, 2.05) is 34.6 Å². The smallest absolute Gasteiger partial charge is 0.339 e. The quantitative estimate of drug-likeness (QED) is 0.622. The first-order chi connectivity index (χ1) is 10.7. The maximum Gasteiger partial charge on any atom is 0.339 e. The molecule has 1 aliphatic heterocycles. The van der Waals surface area contributed by atoms with E-state index in [1.165, 1.54) is 6.08 Å². The van der Waals surface area contributed by atoms with E-state index in [4.69, 9.17) is 4.74 Å². The van der Waals surface area contributed by atoms with Gasteiger partial charge in [0.1, 0.15) is 11.5 Å². The van der Waals surface area contributed by atoms with Gasteiger partial charge in [-0.3, -0.25) is 4.79 Å². The highest BCUT2D eigenvalue weighted by Gasteiger charge is 2.30. The van der Waals surface area contributed by atoms with E-state index in [1.54, 1.807) is 0 Å². The second-order valence-electron chi connectivity index (χ2n) is 7.41. The molecule has 6 unspecified atom stereocenters. The zero-order valence-corrected chi connectivity index (χ0v) is 15.3. The second kappa shape index (κ2) is 8.62. The Kier molecular flexibility index (Phi) is 7.46. The average molecular weight is 324 g/mol. The number of allylic oxidation sites excluding steroid dienone is 1. The molecule has 1 aliphatic rings. The third-order valence-electron chi connectivity index (χ3n) is 5.15. The predicted octanol–water partition coefficient (Wildman–Crippen LogP) is 3.73. The molecule has 1 heterocycles. The number of aliphatic hydroxyl groups excluding tert-OH is 1. The number of aliphatic hydroxyl groups is 1. The summed E-state index contributed by atoms with van der Waals surface area (Å²) in [6, 6.07) is 0. The van der Waals surface area contributed by atoms with Crippen LogP contribution in [0.5, 0.6) is 0 Å². The van der Waals surface area contributed by atoms with Crippen molar-refractivity contribution >= 4 is 11.8 Å². The number of hydrogen-bond donors (Lipinski definition) is 1. The van der Waals surface area contributed by atoms with Gasteiger partial charge in [0.2, 0.25) is 0 Å². The van der Waals surface area contributed by atoms with Gasteiger partial charge in [-0.05, 0) is 24.7 Å². The number of rotatable bonds is 10. The Balaban J connectivity index is 2.47. The zero-order valence-electron chi connectivity index (χ0n) is 15.3. The summed E-state index contributed by atoms with van der Waals surface area (Å²) in [5.41, 5.74) is 0. The lowest BCUT2D eigenvalue weighted by molar-refractivity contribution is -0.139. The van der Waals surface area contributed by atoms with Gasteiger partial charge in [0.25, 0.3) is 0 Å². The Morgan fingerprint density at radius 1 is 1.17 bits per heavy atom. The minimum atomic E-state index is -0.566. The molecule has 0 saturated carbocycles. The summed E-state index contributed by atoms with van der Waals surface area (Å²) in [4.78, 5) is 23.3. The number of ether oxygens (including phenoxy) is 1. The first-order valence-electron chi connectivity index (χ1n) is 8.82. The van der Waals surface area contributed by atoms with Gasteiger partial charge in [0.15, 0.2) is 0 Å². The van der Waals surface area contributed by atoms with Crippen LogP contribution in [-0.4, -0.2) is 23.0 Å². The molecular formula is C19H32O4. The second-order valence-corrected chi connectivity index (χ2v) is 7.41. The fourth-order valence-electron chi connectivity index (χ4n) is 3.36. The Morgan fingerprint density at radius 3 is 2.22 bits per heavy atom. The molecule has 0 aromatic rings. The van der Waals surface area contributed by atoms with E-state index < -0.39 is 6.10 Å². The third kappa shape index (κ3) is 5.45. The molecule has 1 N–H and O–H groups in total. The molecule has 0 radical (unpaired) electrons. The van der Waals surface area contributed by atoms with E-state index in [2.05, 4.69) is 6.92 Å². The van der Waals surface area contributed by atoms with Crippen molar-refractivity contribution in [3.05, 3.63) is 11.8 Å². The van der Waals surface area contributed by atoms with Crippen LogP contribution in [0, 0.1) is 29.6 Å². The Labute approximate surface area is 140 Å². The van der Waals surface area contributed by atoms with Gasteiger partial charge in [-0.1, -0.05) is 48.0 Å². The molecule has 6 atom stereocenters. The number of cyclic esters (lactones) is 1. The number of ketones is 1. The van der Waals surface area contributed by atoms with Crippen molar-refractivity contribution in [2.24, 2.45) is 29.6 Å². The molecule has 0 aromatic heterocycles. The fourth-order valence-corrected chi connectivity index (χ4v) is 3.36. The molecule has 0 amide bonds. The van der Waals surface area contributed by atoms with E-state index >= 15 is 0 Å². The molecule has 132 valence electrons. The van der Waals surface area contributed by atoms with Crippen molar-refractivity contribution in [1.82, 2.24) is 0 Å². The fraction of sp³-hybridized carbons (Fsp3) is 0.789. The van der Waals surface area contributed by atoms with E-state index in [0.29, 0.717) is 5.92 Å². The van der Waals surface area contributed by atoms with Crippen LogP contribution in [0.4, 0.5) is 0 Å². The average Bonchev–Trinajstić information content (AvgIpc) is 2.48. The molecular weight excluding hydrogens is 292 g/mol. The number of esters is 1. The molecule has 0 bridgehead atoms. The van der Waals surface area contributed by atoms with Crippen LogP contribution in [-0.2, 0) is 14.3 Å². The SMILES string of the molecule is CCC(C)C(O)C(C)C(=O)C(C)CC(C)CC(C)C1=CC(=O)O1. The predicted molar refractivity (Wildman–Crippen MR) is 90.5 cm³/mol. The summed E-state index contributed by atoms with van der Waals surface area (Å²) in [5, 5.41) is 10.2. The van der Waals surface area contributed by atoms with Crippen LogP contribution in [0.2, 0.25) is 0 Å². The van der Waals surface area contributed by atoms with Gasteiger partial charge in [-0.2, -0.15) is 0 Å². The van der Waals surface area contributed by atoms with E-state index in [9.17, 15) is 14.7 Å². The number of carbonyl (C=O) groups excluding carboxylic acids is 2. The lowest BCUT2D eigenvalue weighted by atomic mass is 9.80. The number of Topliss-reactive ketones (excluding diaryl/α,β-unsaturated/α-hetero) is 1. The summed E-state index contributed by atoms with van der Waals surface area (Å²) in [5.74, 6) is 0.941. The lowest BCUT2D eigenvalue weighted by Gasteiger charge is -2.27. The largest absolute Gasteiger partial charge is 0.427 e. The summed E-state index contributed by atoms with van der Waals surface area (Å²) < 4.78 is 4.98. The Bertz CT molecular complexity index is 454. The summed E-state index contributed by atoms with van der Waals surface area (Å²) in [6.07, 6.45) is 3.52. The van der Waals surface area contributed by atoms with Gasteiger partial charge in [0.05, 0.1) is 12.2 Å². The van der Waals surface area contributed by atoms with Crippen molar-refractivity contribution in [3.8, 4) is 0 Å². The van der Waals surface area contributed by atoms with Gasteiger partial charge < -0.3 is 9.84 Å². The van der Waals surface area contributed by atoms with Crippen molar-refractivity contribution < 1.29 is 19.4 Å². The van der Waals surface area contributed by atoms with Crippen molar-refractivity contribution in [2.45, 2.75) is 66.9 Å².